The van der Waals surface area contributed by atoms with E-state index in [1.165, 1.54) is 11.4 Å². The number of allylic oxidation sites excluding steroid dienone is 1. The van der Waals surface area contributed by atoms with Gasteiger partial charge in [-0.05, 0) is 43.7 Å². The lowest BCUT2D eigenvalue weighted by atomic mass is 10.1. The molecule has 0 atom stereocenters. The first-order valence-electron chi connectivity index (χ1n) is 9.67. The normalized spacial score (nSPS) is 16.4. The highest BCUT2D eigenvalue weighted by Crippen LogP contribution is 2.33. The van der Waals surface area contributed by atoms with Crippen LogP contribution in [0.3, 0.4) is 0 Å². The summed E-state index contributed by atoms with van der Waals surface area (Å²) in [4.78, 5) is 2.48. The van der Waals surface area contributed by atoms with Crippen molar-refractivity contribution < 1.29 is 18.3 Å². The van der Waals surface area contributed by atoms with Crippen LogP contribution in [0.25, 0.3) is 6.08 Å². The van der Waals surface area contributed by atoms with E-state index in [4.69, 9.17) is 4.74 Å². The molecule has 1 aliphatic rings. The smallest absolute Gasteiger partial charge is 0.243 e. The summed E-state index contributed by atoms with van der Waals surface area (Å²) >= 11 is 0. The molecule has 1 heterocycles. The van der Waals surface area contributed by atoms with Gasteiger partial charge in [0.2, 0.25) is 10.0 Å². The molecule has 2 aromatic rings. The number of piperazine rings is 1. The highest BCUT2D eigenvalue weighted by Gasteiger charge is 2.28. The van der Waals surface area contributed by atoms with Gasteiger partial charge < -0.3 is 9.84 Å². The van der Waals surface area contributed by atoms with Gasteiger partial charge in [-0.25, -0.2) is 8.42 Å². The molecular formula is C22H28N2O4S. The van der Waals surface area contributed by atoms with Gasteiger partial charge in [-0.15, -0.1) is 0 Å². The van der Waals surface area contributed by atoms with E-state index in [1.807, 2.05) is 44.2 Å². The van der Waals surface area contributed by atoms with Gasteiger partial charge in [0.15, 0.2) is 11.5 Å². The summed E-state index contributed by atoms with van der Waals surface area (Å²) in [7, 11) is -1.95. The van der Waals surface area contributed by atoms with Gasteiger partial charge in [0.1, 0.15) is 0 Å². The molecule has 1 fully saturated rings. The van der Waals surface area contributed by atoms with Crippen LogP contribution in [-0.4, -0.2) is 56.0 Å². The summed E-state index contributed by atoms with van der Waals surface area (Å²) in [6.45, 7) is 6.44. The SMILES string of the molecule is CC=Cc1cc(CN2CCN(S(=O)(=O)c3ccc(C)cc3)CC2)c(O)c(OC)c1. The molecule has 2 aromatic carbocycles. The molecule has 1 saturated heterocycles. The number of aryl methyl sites for hydroxylation is 1. The van der Waals surface area contributed by atoms with Gasteiger partial charge in [0.25, 0.3) is 0 Å². The van der Waals surface area contributed by atoms with Crippen LogP contribution in [0.1, 0.15) is 23.6 Å². The van der Waals surface area contributed by atoms with E-state index in [0.29, 0.717) is 43.4 Å². The molecule has 1 aliphatic heterocycles. The Morgan fingerprint density at radius 2 is 1.76 bits per heavy atom. The number of benzene rings is 2. The molecule has 6 nitrogen and oxygen atoms in total. The summed E-state index contributed by atoms with van der Waals surface area (Å²) in [6.07, 6.45) is 3.89. The largest absolute Gasteiger partial charge is 0.504 e. The maximum atomic E-state index is 12.9. The summed E-state index contributed by atoms with van der Waals surface area (Å²) < 4.78 is 32.5. The van der Waals surface area contributed by atoms with Crippen molar-refractivity contribution in [3.8, 4) is 11.5 Å². The van der Waals surface area contributed by atoms with Crippen LogP contribution >= 0.6 is 0 Å². The Morgan fingerprint density at radius 1 is 1.10 bits per heavy atom. The quantitative estimate of drug-likeness (QED) is 0.783. The molecule has 0 spiro atoms. The van der Waals surface area contributed by atoms with Crippen molar-refractivity contribution in [2.75, 3.05) is 33.3 Å². The van der Waals surface area contributed by atoms with Crippen LogP contribution < -0.4 is 4.74 Å². The standard InChI is InChI=1S/C22H28N2O4S/c1-4-5-18-14-19(22(25)21(15-18)28-3)16-23-10-12-24(13-11-23)29(26,27)20-8-6-17(2)7-9-20/h4-9,14-15,25H,10-13,16H2,1-3H3. The Balaban J connectivity index is 1.70. The van der Waals surface area contributed by atoms with Crippen molar-refractivity contribution in [3.05, 3.63) is 59.2 Å². The van der Waals surface area contributed by atoms with Gasteiger partial charge in [-0.3, -0.25) is 4.90 Å². The molecule has 0 unspecified atom stereocenters. The van der Waals surface area contributed by atoms with Gasteiger partial charge >= 0.3 is 0 Å². The number of nitrogens with zero attached hydrogens (tertiary/aromatic N) is 2. The first-order valence-corrected chi connectivity index (χ1v) is 11.1. The fourth-order valence-corrected chi connectivity index (χ4v) is 4.90. The van der Waals surface area contributed by atoms with Gasteiger partial charge in [0, 0.05) is 38.3 Å². The van der Waals surface area contributed by atoms with Gasteiger partial charge in [0.05, 0.1) is 12.0 Å². The molecule has 0 aromatic heterocycles. The van der Waals surface area contributed by atoms with E-state index in [-0.39, 0.29) is 5.75 Å². The molecule has 0 amide bonds. The predicted molar refractivity (Wildman–Crippen MR) is 115 cm³/mol. The third-order valence-corrected chi connectivity index (χ3v) is 7.05. The van der Waals surface area contributed by atoms with E-state index in [0.717, 1.165) is 16.7 Å². The highest BCUT2D eigenvalue weighted by molar-refractivity contribution is 7.89. The third-order valence-electron chi connectivity index (χ3n) is 5.14. The fourth-order valence-electron chi connectivity index (χ4n) is 3.48. The first kappa shape index (κ1) is 21.4. The topological polar surface area (TPSA) is 70.1 Å². The van der Waals surface area contributed by atoms with E-state index in [1.54, 1.807) is 18.2 Å². The Bertz CT molecular complexity index is 977. The molecule has 29 heavy (non-hydrogen) atoms. The number of methoxy groups -OCH3 is 1. The number of phenolic OH excluding ortho intramolecular Hbond substituents is 1. The number of rotatable bonds is 6. The second kappa shape index (κ2) is 8.98. The van der Waals surface area contributed by atoms with Crippen LogP contribution in [0.5, 0.6) is 11.5 Å². The monoisotopic (exact) mass is 416 g/mol. The fraction of sp³-hybridized carbons (Fsp3) is 0.364. The second-order valence-corrected chi connectivity index (χ2v) is 9.16. The van der Waals surface area contributed by atoms with E-state index >= 15 is 0 Å². The van der Waals surface area contributed by atoms with E-state index < -0.39 is 10.0 Å². The number of hydrogen-bond donors (Lipinski definition) is 1. The maximum Gasteiger partial charge on any atom is 0.243 e. The summed E-state index contributed by atoms with van der Waals surface area (Å²) in [5.74, 6) is 0.576. The molecule has 0 radical (unpaired) electrons. The lowest BCUT2D eigenvalue weighted by Crippen LogP contribution is -2.48. The van der Waals surface area contributed by atoms with Crippen molar-refractivity contribution in [2.24, 2.45) is 0 Å². The molecule has 7 heteroatoms. The van der Waals surface area contributed by atoms with Crippen LogP contribution in [0.4, 0.5) is 0 Å². The lowest BCUT2D eigenvalue weighted by molar-refractivity contribution is 0.180. The zero-order valence-corrected chi connectivity index (χ0v) is 17.9. The Labute approximate surface area is 173 Å². The molecule has 1 N–H and O–H groups in total. The first-order chi connectivity index (χ1) is 13.8. The van der Waals surface area contributed by atoms with Crippen LogP contribution in [0.15, 0.2) is 47.4 Å². The molecular weight excluding hydrogens is 388 g/mol. The number of phenols is 1. The second-order valence-electron chi connectivity index (χ2n) is 7.22. The minimum Gasteiger partial charge on any atom is -0.504 e. The minimum atomic E-state index is -3.48. The Hall–Kier alpha value is -2.35. The Kier molecular flexibility index (Phi) is 6.62. The highest BCUT2D eigenvalue weighted by atomic mass is 32.2. The Morgan fingerprint density at radius 3 is 2.34 bits per heavy atom. The van der Waals surface area contributed by atoms with Crippen molar-refractivity contribution >= 4 is 16.1 Å². The van der Waals surface area contributed by atoms with Crippen LogP contribution in [-0.2, 0) is 16.6 Å². The number of sulfonamides is 1. The lowest BCUT2D eigenvalue weighted by Gasteiger charge is -2.34. The molecule has 0 aliphatic carbocycles. The predicted octanol–water partition coefficient (Wildman–Crippen LogP) is 3.25. The van der Waals surface area contributed by atoms with E-state index in [2.05, 4.69) is 4.90 Å². The van der Waals surface area contributed by atoms with Crippen molar-refractivity contribution in [1.82, 2.24) is 9.21 Å². The number of hydrogen-bond acceptors (Lipinski definition) is 5. The molecule has 156 valence electrons. The van der Waals surface area contributed by atoms with Gasteiger partial charge in [-0.2, -0.15) is 4.31 Å². The molecule has 0 bridgehead atoms. The third kappa shape index (κ3) is 4.80. The zero-order chi connectivity index (χ0) is 21.0. The zero-order valence-electron chi connectivity index (χ0n) is 17.1. The molecule has 0 saturated carbocycles. The molecule has 3 rings (SSSR count). The van der Waals surface area contributed by atoms with Crippen molar-refractivity contribution in [2.45, 2.75) is 25.3 Å². The van der Waals surface area contributed by atoms with E-state index in [9.17, 15) is 13.5 Å². The maximum absolute atomic E-state index is 12.9. The van der Waals surface area contributed by atoms with Gasteiger partial charge in [-0.1, -0.05) is 29.8 Å². The average molecular weight is 417 g/mol. The summed E-state index contributed by atoms with van der Waals surface area (Å²) in [6, 6.07) is 10.7. The number of ether oxygens (including phenoxy) is 1. The van der Waals surface area contributed by atoms with Crippen LogP contribution in [0, 0.1) is 6.92 Å². The van der Waals surface area contributed by atoms with Crippen molar-refractivity contribution in [3.63, 3.8) is 0 Å². The summed E-state index contributed by atoms with van der Waals surface area (Å²) in [5, 5.41) is 10.5. The summed E-state index contributed by atoms with van der Waals surface area (Å²) in [5.41, 5.74) is 2.76. The number of aromatic hydroxyl groups is 1. The minimum absolute atomic E-state index is 0.135. The van der Waals surface area contributed by atoms with Crippen LogP contribution in [0.2, 0.25) is 0 Å². The average Bonchev–Trinajstić information content (AvgIpc) is 2.71. The van der Waals surface area contributed by atoms with Crippen molar-refractivity contribution in [1.29, 1.82) is 0 Å².